The number of hydrogen-bond donors (Lipinski definition) is 2. The van der Waals surface area contributed by atoms with E-state index in [1.807, 2.05) is 0 Å². The second-order valence-corrected chi connectivity index (χ2v) is 6.83. The first kappa shape index (κ1) is 20.3. The molecule has 1 heterocycles. The van der Waals surface area contributed by atoms with Crippen LogP contribution in [0.5, 0.6) is 5.75 Å². The van der Waals surface area contributed by atoms with Gasteiger partial charge in [0.1, 0.15) is 5.75 Å². The molecule has 3 rings (SSSR count). The number of amides is 3. The maximum Gasteiger partial charge on any atom is 0.323 e. The second kappa shape index (κ2) is 9.64. The first-order chi connectivity index (χ1) is 13.5. The topological polar surface area (TPSA) is 79.9 Å². The molecular formula is C19H19Cl2N3O4. The molecule has 2 aromatic rings. The number of carbonyl (C=O) groups is 2. The van der Waals surface area contributed by atoms with Crippen LogP contribution < -0.4 is 15.4 Å². The van der Waals surface area contributed by atoms with Gasteiger partial charge in [-0.1, -0.05) is 23.2 Å². The van der Waals surface area contributed by atoms with Crippen LogP contribution in [0.2, 0.25) is 10.0 Å². The largest absolute Gasteiger partial charge is 0.484 e. The summed E-state index contributed by atoms with van der Waals surface area (Å²) in [6.07, 6.45) is 0. The van der Waals surface area contributed by atoms with Crippen molar-refractivity contribution in [1.82, 2.24) is 4.90 Å². The lowest BCUT2D eigenvalue weighted by Crippen LogP contribution is -2.42. The second-order valence-electron chi connectivity index (χ2n) is 6.01. The lowest BCUT2D eigenvalue weighted by Gasteiger charge is -2.26. The minimum absolute atomic E-state index is 0.0371. The fourth-order valence-electron chi connectivity index (χ4n) is 2.55. The Morgan fingerprint density at radius 2 is 1.61 bits per heavy atom. The number of benzene rings is 2. The number of hydrogen-bond acceptors (Lipinski definition) is 4. The molecule has 2 N–H and O–H groups in total. The molecule has 1 saturated heterocycles. The van der Waals surface area contributed by atoms with Gasteiger partial charge in [-0.25, -0.2) is 4.79 Å². The third kappa shape index (κ3) is 5.76. The molecule has 1 fully saturated rings. The Morgan fingerprint density at radius 1 is 0.964 bits per heavy atom. The van der Waals surface area contributed by atoms with Crippen molar-refractivity contribution in [3.05, 3.63) is 52.5 Å². The molecule has 0 atom stereocenters. The predicted molar refractivity (Wildman–Crippen MR) is 108 cm³/mol. The number of nitrogens with zero attached hydrogens (tertiary/aromatic N) is 1. The summed E-state index contributed by atoms with van der Waals surface area (Å²) < 4.78 is 10.7. The fourth-order valence-corrected chi connectivity index (χ4v) is 2.85. The molecule has 3 amide bonds. The lowest BCUT2D eigenvalue weighted by atomic mass is 10.3. The van der Waals surface area contributed by atoms with Crippen molar-refractivity contribution in [2.75, 3.05) is 43.5 Å². The van der Waals surface area contributed by atoms with E-state index >= 15 is 0 Å². The van der Waals surface area contributed by atoms with E-state index in [1.165, 1.54) is 0 Å². The van der Waals surface area contributed by atoms with Crippen LogP contribution in [0.25, 0.3) is 0 Å². The molecule has 0 aromatic heterocycles. The van der Waals surface area contributed by atoms with E-state index in [9.17, 15) is 9.59 Å². The Hall–Kier alpha value is -2.48. The highest BCUT2D eigenvalue weighted by Crippen LogP contribution is 2.25. The molecule has 0 aliphatic carbocycles. The number of anilines is 2. The smallest absolute Gasteiger partial charge is 0.323 e. The van der Waals surface area contributed by atoms with Gasteiger partial charge in [-0.3, -0.25) is 4.79 Å². The van der Waals surface area contributed by atoms with Crippen LogP contribution in [0, 0.1) is 0 Å². The third-order valence-corrected chi connectivity index (χ3v) is 4.75. The minimum Gasteiger partial charge on any atom is -0.484 e. The zero-order valence-corrected chi connectivity index (χ0v) is 16.4. The number of halogens is 2. The van der Waals surface area contributed by atoms with E-state index in [0.717, 1.165) is 0 Å². The van der Waals surface area contributed by atoms with Crippen LogP contribution in [0.15, 0.2) is 42.5 Å². The summed E-state index contributed by atoms with van der Waals surface area (Å²) in [5.41, 5.74) is 1.10. The average Bonchev–Trinajstić information content (AvgIpc) is 2.70. The van der Waals surface area contributed by atoms with Crippen molar-refractivity contribution >= 4 is 46.5 Å². The van der Waals surface area contributed by atoms with Gasteiger partial charge in [0.2, 0.25) is 0 Å². The SMILES string of the molecule is O=C(Nc1ccc(OCC(=O)N2CCOCC2)cc1)Nc1ccc(Cl)c(Cl)c1. The van der Waals surface area contributed by atoms with Crippen LogP contribution in [0.1, 0.15) is 0 Å². The summed E-state index contributed by atoms with van der Waals surface area (Å²) in [5, 5.41) is 6.13. The van der Waals surface area contributed by atoms with Crippen molar-refractivity contribution < 1.29 is 19.1 Å². The van der Waals surface area contributed by atoms with Crippen LogP contribution in [0.4, 0.5) is 16.2 Å². The summed E-state index contributed by atoms with van der Waals surface area (Å²) in [5.74, 6) is 0.462. The van der Waals surface area contributed by atoms with Gasteiger partial charge < -0.3 is 25.0 Å². The van der Waals surface area contributed by atoms with E-state index in [4.69, 9.17) is 32.7 Å². The molecule has 1 aliphatic heterocycles. The maximum absolute atomic E-state index is 12.1. The van der Waals surface area contributed by atoms with Crippen LogP contribution in [-0.2, 0) is 9.53 Å². The van der Waals surface area contributed by atoms with Gasteiger partial charge in [-0.2, -0.15) is 0 Å². The number of nitrogens with one attached hydrogen (secondary N) is 2. The summed E-state index contributed by atoms with van der Waals surface area (Å²) in [4.78, 5) is 25.8. The van der Waals surface area contributed by atoms with Crippen molar-refractivity contribution in [3.63, 3.8) is 0 Å². The number of urea groups is 1. The number of carbonyl (C=O) groups excluding carboxylic acids is 2. The Labute approximate surface area is 172 Å². The van der Waals surface area contributed by atoms with E-state index in [0.29, 0.717) is 53.5 Å². The average molecular weight is 424 g/mol. The van der Waals surface area contributed by atoms with Gasteiger partial charge in [0.25, 0.3) is 5.91 Å². The highest BCUT2D eigenvalue weighted by molar-refractivity contribution is 6.42. The summed E-state index contributed by atoms with van der Waals surface area (Å²) in [6, 6.07) is 11.1. The summed E-state index contributed by atoms with van der Waals surface area (Å²) in [6.45, 7) is 2.23. The molecule has 2 aromatic carbocycles. The molecular weight excluding hydrogens is 405 g/mol. The highest BCUT2D eigenvalue weighted by atomic mass is 35.5. The van der Waals surface area contributed by atoms with Gasteiger partial charge in [0.05, 0.1) is 23.3 Å². The fraction of sp³-hybridized carbons (Fsp3) is 0.263. The lowest BCUT2D eigenvalue weighted by molar-refractivity contribution is -0.137. The van der Waals surface area contributed by atoms with E-state index in [1.54, 1.807) is 47.4 Å². The molecule has 0 spiro atoms. The summed E-state index contributed by atoms with van der Waals surface area (Å²) >= 11 is 11.8. The quantitative estimate of drug-likeness (QED) is 0.764. The van der Waals surface area contributed by atoms with Crippen molar-refractivity contribution in [3.8, 4) is 5.75 Å². The van der Waals surface area contributed by atoms with Crippen LogP contribution >= 0.6 is 23.2 Å². The molecule has 0 radical (unpaired) electrons. The third-order valence-electron chi connectivity index (χ3n) is 4.02. The minimum atomic E-state index is -0.422. The van der Waals surface area contributed by atoms with Gasteiger partial charge in [0.15, 0.2) is 6.61 Å². The zero-order valence-electron chi connectivity index (χ0n) is 14.9. The number of rotatable bonds is 5. The van der Waals surface area contributed by atoms with E-state index in [2.05, 4.69) is 10.6 Å². The Morgan fingerprint density at radius 3 is 2.29 bits per heavy atom. The Kier molecular flexibility index (Phi) is 6.97. The molecule has 28 heavy (non-hydrogen) atoms. The monoisotopic (exact) mass is 423 g/mol. The van der Waals surface area contributed by atoms with Gasteiger partial charge in [-0.05, 0) is 42.5 Å². The molecule has 0 saturated carbocycles. The first-order valence-corrected chi connectivity index (χ1v) is 9.38. The van der Waals surface area contributed by atoms with Gasteiger partial charge >= 0.3 is 6.03 Å². The standard InChI is InChI=1S/C19H19Cl2N3O4/c20-16-6-3-14(11-17(16)21)23-19(26)22-13-1-4-15(5-2-13)28-12-18(25)24-7-9-27-10-8-24/h1-6,11H,7-10,12H2,(H2,22,23,26). The zero-order chi connectivity index (χ0) is 19.9. The Bertz CT molecular complexity index is 840. The molecule has 148 valence electrons. The maximum atomic E-state index is 12.1. The van der Waals surface area contributed by atoms with Gasteiger partial charge in [-0.15, -0.1) is 0 Å². The van der Waals surface area contributed by atoms with E-state index in [-0.39, 0.29) is 12.5 Å². The summed E-state index contributed by atoms with van der Waals surface area (Å²) in [7, 11) is 0. The highest BCUT2D eigenvalue weighted by Gasteiger charge is 2.17. The number of ether oxygens (including phenoxy) is 2. The van der Waals surface area contributed by atoms with Crippen molar-refractivity contribution in [2.24, 2.45) is 0 Å². The van der Waals surface area contributed by atoms with Crippen molar-refractivity contribution in [2.45, 2.75) is 0 Å². The molecule has 0 bridgehead atoms. The van der Waals surface area contributed by atoms with Crippen molar-refractivity contribution in [1.29, 1.82) is 0 Å². The predicted octanol–water partition coefficient (Wildman–Crippen LogP) is 3.88. The normalized spacial score (nSPS) is 13.7. The first-order valence-electron chi connectivity index (χ1n) is 8.63. The number of morpholine rings is 1. The van der Waals surface area contributed by atoms with E-state index < -0.39 is 6.03 Å². The Balaban J connectivity index is 1.47. The van der Waals surface area contributed by atoms with Crippen LogP contribution in [0.3, 0.4) is 0 Å². The molecule has 7 nitrogen and oxygen atoms in total. The molecule has 1 aliphatic rings. The van der Waals surface area contributed by atoms with Crippen LogP contribution in [-0.4, -0.2) is 49.7 Å². The van der Waals surface area contributed by atoms with Gasteiger partial charge in [0, 0.05) is 24.5 Å². The molecule has 0 unspecified atom stereocenters. The molecule has 9 heteroatoms.